The lowest BCUT2D eigenvalue weighted by Gasteiger charge is -2.07. The molecule has 1 amide bonds. The number of thioether (sulfide) groups is 1. The van der Waals surface area contributed by atoms with E-state index >= 15 is 0 Å². The largest absolute Gasteiger partial charge is 0.326 e. The van der Waals surface area contributed by atoms with Gasteiger partial charge in [-0.05, 0) is 67.0 Å². The predicted octanol–water partition coefficient (Wildman–Crippen LogP) is 6.19. The van der Waals surface area contributed by atoms with Gasteiger partial charge in [0.15, 0.2) is 0 Å². The van der Waals surface area contributed by atoms with Gasteiger partial charge < -0.3 is 5.32 Å². The second kappa shape index (κ2) is 10.4. The fourth-order valence-corrected chi connectivity index (χ4v) is 3.29. The first-order valence-electron chi connectivity index (χ1n) is 8.44. The van der Waals surface area contributed by atoms with E-state index in [2.05, 4.69) is 24.4 Å². The van der Waals surface area contributed by atoms with Gasteiger partial charge in [0, 0.05) is 22.0 Å². The molecule has 24 heavy (non-hydrogen) atoms. The fraction of sp³-hybridized carbons (Fsp3) is 0.350. The van der Waals surface area contributed by atoms with Crippen molar-refractivity contribution in [3.63, 3.8) is 0 Å². The van der Waals surface area contributed by atoms with Crippen LogP contribution in [0.5, 0.6) is 0 Å². The normalized spacial score (nSPS) is 10.6. The van der Waals surface area contributed by atoms with E-state index in [9.17, 15) is 4.79 Å². The van der Waals surface area contributed by atoms with E-state index in [-0.39, 0.29) is 5.91 Å². The van der Waals surface area contributed by atoms with E-state index in [1.54, 1.807) is 11.8 Å². The van der Waals surface area contributed by atoms with Gasteiger partial charge in [0.25, 0.3) is 0 Å². The number of aryl methyl sites for hydroxylation is 1. The van der Waals surface area contributed by atoms with E-state index in [4.69, 9.17) is 11.6 Å². The molecule has 0 unspecified atom stereocenters. The quantitative estimate of drug-likeness (QED) is 0.426. The summed E-state index contributed by atoms with van der Waals surface area (Å²) < 4.78 is 0. The first-order valence-corrected chi connectivity index (χ1v) is 9.81. The molecule has 1 N–H and O–H groups in total. The van der Waals surface area contributed by atoms with Gasteiger partial charge in [0.05, 0.1) is 0 Å². The lowest BCUT2D eigenvalue weighted by Crippen LogP contribution is -2.11. The maximum Gasteiger partial charge on any atom is 0.224 e. The highest BCUT2D eigenvalue weighted by atomic mass is 35.5. The Morgan fingerprint density at radius 1 is 1.04 bits per heavy atom. The van der Waals surface area contributed by atoms with E-state index in [1.807, 2.05) is 36.4 Å². The number of halogens is 1. The Balaban J connectivity index is 1.66. The van der Waals surface area contributed by atoms with Crippen LogP contribution in [0.15, 0.2) is 53.4 Å². The van der Waals surface area contributed by atoms with Crippen molar-refractivity contribution in [1.29, 1.82) is 0 Å². The average Bonchev–Trinajstić information content (AvgIpc) is 2.60. The Kier molecular flexibility index (Phi) is 8.20. The number of benzene rings is 2. The molecular formula is C20H24ClNOS. The topological polar surface area (TPSA) is 29.1 Å². The maximum absolute atomic E-state index is 12.0. The fourth-order valence-electron chi connectivity index (χ4n) is 2.31. The summed E-state index contributed by atoms with van der Waals surface area (Å²) in [6.45, 7) is 2.19. The molecule has 4 heteroatoms. The highest BCUT2D eigenvalue weighted by molar-refractivity contribution is 7.99. The molecule has 0 atom stereocenters. The first-order chi connectivity index (χ1) is 11.7. The van der Waals surface area contributed by atoms with Crippen LogP contribution >= 0.6 is 23.4 Å². The zero-order chi connectivity index (χ0) is 17.2. The van der Waals surface area contributed by atoms with E-state index < -0.39 is 0 Å². The number of amides is 1. The summed E-state index contributed by atoms with van der Waals surface area (Å²) in [4.78, 5) is 13.2. The zero-order valence-electron chi connectivity index (χ0n) is 14.1. The van der Waals surface area contributed by atoms with Crippen LogP contribution in [-0.2, 0) is 11.2 Å². The number of carbonyl (C=O) groups is 1. The number of hydrogen-bond acceptors (Lipinski definition) is 2. The number of unbranched alkanes of at least 4 members (excludes halogenated alkanes) is 1. The van der Waals surface area contributed by atoms with Crippen molar-refractivity contribution in [2.45, 2.75) is 43.9 Å². The van der Waals surface area contributed by atoms with Crippen molar-refractivity contribution in [2.24, 2.45) is 0 Å². The predicted molar refractivity (Wildman–Crippen MR) is 105 cm³/mol. The number of nitrogens with one attached hydrogen (secondary N) is 1. The molecule has 2 aromatic rings. The zero-order valence-corrected chi connectivity index (χ0v) is 15.6. The Bertz CT molecular complexity index is 625. The molecule has 0 aliphatic heterocycles. The Morgan fingerprint density at radius 3 is 2.42 bits per heavy atom. The molecule has 0 bridgehead atoms. The van der Waals surface area contributed by atoms with Crippen LogP contribution in [0, 0.1) is 0 Å². The van der Waals surface area contributed by atoms with Gasteiger partial charge in [0.1, 0.15) is 0 Å². The standard InChI is InChI=1S/C20H24ClNOS/c1-2-3-5-16-7-11-18(12-8-16)22-20(23)6-4-15-24-19-13-9-17(21)10-14-19/h7-14H,2-6,15H2,1H3,(H,22,23). The third-order valence-corrected chi connectivity index (χ3v) is 5.04. The minimum atomic E-state index is 0.0769. The van der Waals surface area contributed by atoms with Crippen molar-refractivity contribution >= 4 is 35.0 Å². The molecule has 0 aliphatic carbocycles. The minimum absolute atomic E-state index is 0.0769. The lowest BCUT2D eigenvalue weighted by atomic mass is 10.1. The van der Waals surface area contributed by atoms with Crippen molar-refractivity contribution in [1.82, 2.24) is 0 Å². The van der Waals surface area contributed by atoms with Crippen molar-refractivity contribution in [3.8, 4) is 0 Å². The van der Waals surface area contributed by atoms with E-state index in [1.165, 1.54) is 23.3 Å². The lowest BCUT2D eigenvalue weighted by molar-refractivity contribution is -0.116. The molecule has 0 aliphatic rings. The molecule has 0 fully saturated rings. The third kappa shape index (κ3) is 6.98. The first kappa shape index (κ1) is 18.9. The highest BCUT2D eigenvalue weighted by Gasteiger charge is 2.03. The van der Waals surface area contributed by atoms with Crippen molar-refractivity contribution in [3.05, 3.63) is 59.1 Å². The SMILES string of the molecule is CCCCc1ccc(NC(=O)CCCSc2ccc(Cl)cc2)cc1. The van der Waals surface area contributed by atoms with Crippen LogP contribution in [0.2, 0.25) is 5.02 Å². The molecule has 0 aromatic heterocycles. The summed E-state index contributed by atoms with van der Waals surface area (Å²) in [5.41, 5.74) is 2.21. The van der Waals surface area contributed by atoms with Crippen molar-refractivity contribution in [2.75, 3.05) is 11.1 Å². The summed E-state index contributed by atoms with van der Waals surface area (Å²) in [6, 6.07) is 16.0. The molecule has 0 radical (unpaired) electrons. The molecule has 2 rings (SSSR count). The second-order valence-corrected chi connectivity index (χ2v) is 7.36. The monoisotopic (exact) mass is 361 g/mol. The molecule has 2 nitrogen and oxygen atoms in total. The highest BCUT2D eigenvalue weighted by Crippen LogP contribution is 2.21. The van der Waals surface area contributed by atoms with Gasteiger partial charge in [-0.3, -0.25) is 4.79 Å². The maximum atomic E-state index is 12.0. The smallest absolute Gasteiger partial charge is 0.224 e. The summed E-state index contributed by atoms with van der Waals surface area (Å²) in [6.07, 6.45) is 4.90. The van der Waals surface area contributed by atoms with Gasteiger partial charge in [-0.1, -0.05) is 37.1 Å². The van der Waals surface area contributed by atoms with Crippen LogP contribution in [0.1, 0.15) is 38.2 Å². The van der Waals surface area contributed by atoms with Gasteiger partial charge >= 0.3 is 0 Å². The van der Waals surface area contributed by atoms with Crippen LogP contribution in [0.25, 0.3) is 0 Å². The summed E-state index contributed by atoms with van der Waals surface area (Å²) >= 11 is 7.61. The molecule has 0 saturated heterocycles. The van der Waals surface area contributed by atoms with Gasteiger partial charge in [0.2, 0.25) is 5.91 Å². The Morgan fingerprint density at radius 2 is 1.75 bits per heavy atom. The van der Waals surface area contributed by atoms with Gasteiger partial charge in [-0.2, -0.15) is 0 Å². The minimum Gasteiger partial charge on any atom is -0.326 e. The molecule has 0 spiro atoms. The third-order valence-electron chi connectivity index (χ3n) is 3.69. The van der Waals surface area contributed by atoms with Crippen LogP contribution in [0.4, 0.5) is 5.69 Å². The summed E-state index contributed by atoms with van der Waals surface area (Å²) in [7, 11) is 0. The van der Waals surface area contributed by atoms with E-state index in [0.29, 0.717) is 6.42 Å². The van der Waals surface area contributed by atoms with E-state index in [0.717, 1.165) is 29.3 Å². The van der Waals surface area contributed by atoms with Crippen molar-refractivity contribution < 1.29 is 4.79 Å². The average molecular weight is 362 g/mol. The molecule has 0 heterocycles. The van der Waals surface area contributed by atoms with Crippen LogP contribution in [0.3, 0.4) is 0 Å². The number of anilines is 1. The summed E-state index contributed by atoms with van der Waals surface area (Å²) in [5, 5.41) is 3.72. The van der Waals surface area contributed by atoms with Gasteiger partial charge in [-0.25, -0.2) is 0 Å². The molecular weight excluding hydrogens is 338 g/mol. The number of rotatable bonds is 9. The molecule has 0 saturated carbocycles. The Hall–Kier alpha value is -1.45. The van der Waals surface area contributed by atoms with Crippen LogP contribution < -0.4 is 5.32 Å². The summed E-state index contributed by atoms with van der Waals surface area (Å²) in [5.74, 6) is 0.998. The molecule has 128 valence electrons. The Labute approximate surface area is 154 Å². The number of carbonyl (C=O) groups excluding carboxylic acids is 1. The van der Waals surface area contributed by atoms with Crippen LogP contribution in [-0.4, -0.2) is 11.7 Å². The van der Waals surface area contributed by atoms with Gasteiger partial charge in [-0.15, -0.1) is 11.8 Å². The molecule has 2 aromatic carbocycles. The second-order valence-electron chi connectivity index (χ2n) is 5.75. The number of hydrogen-bond donors (Lipinski definition) is 1.